The van der Waals surface area contributed by atoms with Gasteiger partial charge in [0.1, 0.15) is 30.0 Å². The monoisotopic (exact) mass is 531 g/mol. The van der Waals surface area contributed by atoms with E-state index < -0.39 is 17.7 Å². The third-order valence-electron chi connectivity index (χ3n) is 5.87. The summed E-state index contributed by atoms with van der Waals surface area (Å²) in [5.41, 5.74) is 0.877. The highest BCUT2D eigenvalue weighted by molar-refractivity contribution is 5.83. The first-order valence-corrected chi connectivity index (χ1v) is 11.7. The fourth-order valence-corrected chi connectivity index (χ4v) is 3.76. The average molecular weight is 532 g/mol. The lowest BCUT2D eigenvalue weighted by atomic mass is 10.0. The minimum absolute atomic E-state index is 0.0488. The lowest BCUT2D eigenvalue weighted by Crippen LogP contribution is -2.09. The molecule has 1 aliphatic carbocycles. The van der Waals surface area contributed by atoms with E-state index >= 15 is 0 Å². The van der Waals surface area contributed by atoms with Gasteiger partial charge in [-0.3, -0.25) is 4.99 Å². The van der Waals surface area contributed by atoms with Crippen LogP contribution < -0.4 is 14.2 Å². The number of benzene rings is 1. The molecule has 2 heterocycles. The fourth-order valence-electron chi connectivity index (χ4n) is 3.76. The molecule has 200 valence electrons. The van der Waals surface area contributed by atoms with E-state index in [-0.39, 0.29) is 35.5 Å². The third kappa shape index (κ3) is 5.90. The van der Waals surface area contributed by atoms with Crippen molar-refractivity contribution >= 4 is 6.21 Å². The van der Waals surface area contributed by atoms with Crippen LogP contribution in [0.5, 0.6) is 17.5 Å². The predicted molar refractivity (Wildman–Crippen MR) is 131 cm³/mol. The maximum absolute atomic E-state index is 14.9. The molecule has 0 N–H and O–H groups in total. The summed E-state index contributed by atoms with van der Waals surface area (Å²) in [6, 6.07) is 2.80. The van der Waals surface area contributed by atoms with Crippen LogP contribution in [0.3, 0.4) is 0 Å². The molecule has 38 heavy (non-hydrogen) atoms. The maximum Gasteiger partial charge on any atom is 0.432 e. The van der Waals surface area contributed by atoms with Crippen molar-refractivity contribution in [3.05, 3.63) is 65.1 Å². The Labute approximate surface area is 216 Å². The molecule has 1 aromatic carbocycles. The first kappa shape index (κ1) is 27.0. The molecule has 1 fully saturated rings. The van der Waals surface area contributed by atoms with Gasteiger partial charge in [-0.15, -0.1) is 0 Å². The van der Waals surface area contributed by atoms with Gasteiger partial charge < -0.3 is 14.2 Å². The van der Waals surface area contributed by atoms with E-state index in [1.54, 1.807) is 13.0 Å². The second-order valence-electron chi connectivity index (χ2n) is 8.48. The molecule has 8 nitrogen and oxygen atoms in total. The highest BCUT2D eigenvalue weighted by atomic mass is 19.4. The van der Waals surface area contributed by atoms with Crippen LogP contribution in [-0.4, -0.2) is 46.5 Å². The van der Waals surface area contributed by atoms with Crippen molar-refractivity contribution in [1.82, 2.24) is 19.9 Å². The van der Waals surface area contributed by atoms with Crippen LogP contribution in [0.1, 0.15) is 48.1 Å². The van der Waals surface area contributed by atoms with Gasteiger partial charge in [0.15, 0.2) is 11.6 Å². The van der Waals surface area contributed by atoms with Crippen LogP contribution in [0.4, 0.5) is 17.6 Å². The second-order valence-corrected chi connectivity index (χ2v) is 8.48. The van der Waals surface area contributed by atoms with Gasteiger partial charge in [0, 0.05) is 17.7 Å². The van der Waals surface area contributed by atoms with E-state index in [1.807, 2.05) is 0 Å². The number of aliphatic imine (C=N–C) groups is 1. The summed E-state index contributed by atoms with van der Waals surface area (Å²) in [6.45, 7) is 4.53. The second kappa shape index (κ2) is 11.1. The lowest BCUT2D eigenvalue weighted by Gasteiger charge is -2.14. The molecule has 12 heteroatoms. The summed E-state index contributed by atoms with van der Waals surface area (Å²) in [4.78, 5) is 20.8. The number of ether oxygens (including phenoxy) is 3. The van der Waals surface area contributed by atoms with Crippen molar-refractivity contribution in [1.29, 1.82) is 0 Å². The molecule has 1 aliphatic rings. The Kier molecular flexibility index (Phi) is 7.88. The summed E-state index contributed by atoms with van der Waals surface area (Å²) < 4.78 is 69.6. The molecule has 1 saturated carbocycles. The molecule has 0 spiro atoms. The molecule has 0 aliphatic heterocycles. The molecule has 0 atom stereocenters. The SMILES string of the molecule is C=C(N=Cc1c(F)cc(COc2nc(-c3c(OC)ncnc3C3CC3)ncc2OC)cc1CC)C(F)(F)F. The van der Waals surface area contributed by atoms with Crippen LogP contribution in [0.15, 0.2) is 41.9 Å². The minimum Gasteiger partial charge on any atom is -0.490 e. The van der Waals surface area contributed by atoms with Gasteiger partial charge in [-0.2, -0.15) is 18.2 Å². The van der Waals surface area contributed by atoms with Crippen LogP contribution in [-0.2, 0) is 13.0 Å². The number of nitrogens with zero attached hydrogens (tertiary/aromatic N) is 5. The third-order valence-corrected chi connectivity index (χ3v) is 5.87. The van der Waals surface area contributed by atoms with E-state index in [0.717, 1.165) is 24.8 Å². The van der Waals surface area contributed by atoms with Gasteiger partial charge >= 0.3 is 6.18 Å². The summed E-state index contributed by atoms with van der Waals surface area (Å²) in [6.07, 6.45) is 1.35. The summed E-state index contributed by atoms with van der Waals surface area (Å²) in [5, 5.41) is 0. The smallest absolute Gasteiger partial charge is 0.432 e. The van der Waals surface area contributed by atoms with Gasteiger partial charge in [0.2, 0.25) is 5.88 Å². The maximum atomic E-state index is 14.9. The van der Waals surface area contributed by atoms with Crippen molar-refractivity contribution in [2.45, 2.75) is 44.9 Å². The molecular weight excluding hydrogens is 506 g/mol. The van der Waals surface area contributed by atoms with Gasteiger partial charge in [-0.1, -0.05) is 19.6 Å². The Balaban J connectivity index is 1.62. The molecule has 0 saturated heterocycles. The van der Waals surface area contributed by atoms with Crippen molar-refractivity contribution in [3.63, 3.8) is 0 Å². The predicted octanol–water partition coefficient (Wildman–Crippen LogP) is 5.60. The highest BCUT2D eigenvalue weighted by Crippen LogP contribution is 2.45. The molecule has 0 radical (unpaired) electrons. The number of aryl methyl sites for hydroxylation is 1. The number of aromatic nitrogens is 4. The zero-order valence-electron chi connectivity index (χ0n) is 21.0. The van der Waals surface area contributed by atoms with Crippen molar-refractivity contribution in [3.8, 4) is 28.9 Å². The first-order chi connectivity index (χ1) is 18.2. The number of hydrogen-bond donors (Lipinski definition) is 0. The van der Waals surface area contributed by atoms with Crippen LogP contribution in [0, 0.1) is 5.82 Å². The normalized spacial score (nSPS) is 13.6. The Morgan fingerprint density at radius 3 is 2.53 bits per heavy atom. The largest absolute Gasteiger partial charge is 0.490 e. The molecule has 4 rings (SSSR count). The Morgan fingerprint density at radius 1 is 1.13 bits per heavy atom. The highest BCUT2D eigenvalue weighted by Gasteiger charge is 2.32. The number of methoxy groups -OCH3 is 2. The molecule has 0 amide bonds. The molecule has 0 unspecified atom stereocenters. The summed E-state index contributed by atoms with van der Waals surface area (Å²) in [7, 11) is 2.93. The Bertz CT molecular complexity index is 1370. The Morgan fingerprint density at radius 2 is 1.89 bits per heavy atom. The van der Waals surface area contributed by atoms with E-state index in [1.165, 1.54) is 32.8 Å². The Hall–Kier alpha value is -4.09. The summed E-state index contributed by atoms with van der Waals surface area (Å²) in [5.74, 6) is 0.508. The first-order valence-electron chi connectivity index (χ1n) is 11.7. The molecule has 0 bridgehead atoms. The number of allylic oxidation sites excluding steroid dienone is 1. The molecular formula is C26H25F4N5O3. The van der Waals surface area contributed by atoms with Crippen LogP contribution >= 0.6 is 0 Å². The van der Waals surface area contributed by atoms with Gasteiger partial charge in [-0.25, -0.2) is 19.3 Å². The van der Waals surface area contributed by atoms with Crippen molar-refractivity contribution in [2.75, 3.05) is 14.2 Å². The molecule has 3 aromatic rings. The zero-order valence-corrected chi connectivity index (χ0v) is 21.0. The zero-order chi connectivity index (χ0) is 27.4. The van der Waals surface area contributed by atoms with Gasteiger partial charge in [0.05, 0.1) is 26.1 Å². The lowest BCUT2D eigenvalue weighted by molar-refractivity contribution is -0.0918. The standard InChI is InChI=1S/C26H25F4N5O3/c1-5-16-8-15(9-19(27)18(16)10-31-14(2)26(28,29)30)12-38-24-20(36-3)11-32-23(35-24)21-22(17-6-7-17)33-13-34-25(21)37-4/h8-11,13,17H,2,5-7,12H2,1,3-4H3. The van der Waals surface area contributed by atoms with Crippen LogP contribution in [0.2, 0.25) is 0 Å². The van der Waals surface area contributed by atoms with E-state index in [9.17, 15) is 17.6 Å². The number of halogens is 4. The van der Waals surface area contributed by atoms with Crippen LogP contribution in [0.25, 0.3) is 11.4 Å². The van der Waals surface area contributed by atoms with Gasteiger partial charge in [0.25, 0.3) is 5.88 Å². The number of hydrogen-bond acceptors (Lipinski definition) is 8. The minimum atomic E-state index is -4.70. The van der Waals surface area contributed by atoms with Crippen molar-refractivity contribution in [2.24, 2.45) is 4.99 Å². The topological polar surface area (TPSA) is 91.6 Å². The fraction of sp³-hybridized carbons (Fsp3) is 0.346. The van der Waals surface area contributed by atoms with E-state index in [4.69, 9.17) is 14.2 Å². The number of alkyl halides is 3. The number of rotatable bonds is 10. The quantitative estimate of drug-likeness (QED) is 0.248. The molecule has 2 aromatic heterocycles. The summed E-state index contributed by atoms with van der Waals surface area (Å²) >= 11 is 0. The van der Waals surface area contributed by atoms with E-state index in [0.29, 0.717) is 29.0 Å². The van der Waals surface area contributed by atoms with Crippen molar-refractivity contribution < 1.29 is 31.8 Å². The average Bonchev–Trinajstić information content (AvgIpc) is 3.75. The van der Waals surface area contributed by atoms with E-state index in [2.05, 4.69) is 31.5 Å². The van der Waals surface area contributed by atoms with Gasteiger partial charge in [-0.05, 0) is 36.5 Å².